The number of carbonyl (C=O) groups is 2. The van der Waals surface area contributed by atoms with Crippen LogP contribution in [0.1, 0.15) is 28.9 Å². The first kappa shape index (κ1) is 17.9. The summed E-state index contributed by atoms with van der Waals surface area (Å²) in [5, 5.41) is 19.4. The van der Waals surface area contributed by atoms with Crippen LogP contribution in [-0.2, 0) is 9.53 Å². The Hall–Kier alpha value is -2.13. The molecule has 0 heterocycles. The van der Waals surface area contributed by atoms with Crippen LogP contribution in [0.4, 0.5) is 13.2 Å². The van der Waals surface area contributed by atoms with Gasteiger partial charge in [-0.05, 0) is 30.7 Å². The van der Waals surface area contributed by atoms with Crippen LogP contribution >= 0.6 is 0 Å². The molecule has 0 amide bonds. The second kappa shape index (κ2) is 7.23. The Bertz CT molecular complexity index is 543. The molecule has 2 N–H and O–H groups in total. The van der Waals surface area contributed by atoms with Gasteiger partial charge in [0.2, 0.25) is 0 Å². The minimum Gasteiger partial charge on any atom is -0.464 e. The van der Waals surface area contributed by atoms with Crippen LogP contribution in [0.15, 0.2) is 18.2 Å². The van der Waals surface area contributed by atoms with E-state index < -0.39 is 30.3 Å². The lowest BCUT2D eigenvalue weighted by Crippen LogP contribution is -2.30. The van der Waals surface area contributed by atoms with E-state index in [0.29, 0.717) is 0 Å². The normalized spacial score (nSPS) is 14.1. The van der Waals surface area contributed by atoms with Crippen molar-refractivity contribution in [3.63, 3.8) is 0 Å². The Labute approximate surface area is 123 Å². The molecule has 0 saturated carbocycles. The van der Waals surface area contributed by atoms with E-state index >= 15 is 0 Å². The predicted molar refractivity (Wildman–Crippen MR) is 66.1 cm³/mol. The van der Waals surface area contributed by atoms with Gasteiger partial charge in [0, 0.05) is 5.56 Å². The largest absolute Gasteiger partial charge is 0.573 e. The van der Waals surface area contributed by atoms with E-state index in [1.807, 2.05) is 0 Å². The first-order chi connectivity index (χ1) is 10.2. The summed E-state index contributed by atoms with van der Waals surface area (Å²) in [7, 11) is 0. The Morgan fingerprint density at radius 3 is 2.45 bits per heavy atom. The number of halogens is 3. The lowest BCUT2D eigenvalue weighted by molar-refractivity contribution is -0.274. The van der Waals surface area contributed by atoms with Crippen LogP contribution in [0.5, 0.6) is 5.75 Å². The van der Waals surface area contributed by atoms with Gasteiger partial charge in [0.05, 0.1) is 6.61 Å². The van der Waals surface area contributed by atoms with Crippen LogP contribution in [0, 0.1) is 0 Å². The Kier molecular flexibility index (Phi) is 5.89. The lowest BCUT2D eigenvalue weighted by Gasteiger charge is -2.18. The minimum atomic E-state index is -5.00. The van der Waals surface area contributed by atoms with Gasteiger partial charge >= 0.3 is 12.3 Å². The Balaban J connectivity index is 3.09. The number of hydrogen-bond donors (Lipinski definition) is 2. The second-order valence-corrected chi connectivity index (χ2v) is 4.14. The molecule has 0 aliphatic heterocycles. The van der Waals surface area contributed by atoms with Gasteiger partial charge in [0.25, 0.3) is 0 Å². The highest BCUT2D eigenvalue weighted by Gasteiger charge is 2.32. The summed E-state index contributed by atoms with van der Waals surface area (Å²) in [5.74, 6) is -1.91. The fourth-order valence-electron chi connectivity index (χ4n) is 1.62. The number of aliphatic hydroxyl groups excluding tert-OH is 2. The number of carbonyl (C=O) groups excluding carboxylic acids is 2. The van der Waals surface area contributed by atoms with Gasteiger partial charge in [-0.1, -0.05) is 0 Å². The first-order valence-corrected chi connectivity index (χ1v) is 6.06. The number of aldehydes is 1. The zero-order valence-electron chi connectivity index (χ0n) is 11.3. The van der Waals surface area contributed by atoms with Gasteiger partial charge in [-0.15, -0.1) is 13.2 Å². The number of alkyl halides is 3. The number of rotatable bonds is 6. The zero-order chi connectivity index (χ0) is 16.9. The highest BCUT2D eigenvalue weighted by Crippen LogP contribution is 2.28. The van der Waals surface area contributed by atoms with E-state index in [9.17, 15) is 33.0 Å². The molecule has 1 rings (SSSR count). The van der Waals surface area contributed by atoms with Crippen molar-refractivity contribution in [1.82, 2.24) is 0 Å². The van der Waals surface area contributed by atoms with E-state index in [2.05, 4.69) is 9.47 Å². The van der Waals surface area contributed by atoms with Crippen molar-refractivity contribution in [3.05, 3.63) is 29.3 Å². The first-order valence-electron chi connectivity index (χ1n) is 6.06. The van der Waals surface area contributed by atoms with Gasteiger partial charge in [-0.3, -0.25) is 4.79 Å². The quantitative estimate of drug-likeness (QED) is 0.607. The molecule has 0 aliphatic rings. The number of ether oxygens (including phenoxy) is 2. The third-order valence-electron chi connectivity index (χ3n) is 2.49. The molecular weight excluding hydrogens is 309 g/mol. The molecule has 9 heteroatoms. The maximum absolute atomic E-state index is 12.2. The minimum absolute atomic E-state index is 0.0561. The number of aliphatic hydroxyl groups is 2. The molecule has 0 aliphatic carbocycles. The van der Waals surface area contributed by atoms with Crippen LogP contribution in [0.3, 0.4) is 0 Å². The third kappa shape index (κ3) is 5.01. The molecule has 1 aromatic carbocycles. The third-order valence-corrected chi connectivity index (χ3v) is 2.49. The van der Waals surface area contributed by atoms with Crippen LogP contribution < -0.4 is 4.74 Å². The Morgan fingerprint density at radius 2 is 1.95 bits per heavy atom. The van der Waals surface area contributed by atoms with Crippen molar-refractivity contribution in [3.8, 4) is 5.75 Å². The van der Waals surface area contributed by atoms with Crippen molar-refractivity contribution in [2.24, 2.45) is 0 Å². The molecule has 0 radical (unpaired) electrons. The summed E-state index contributed by atoms with van der Waals surface area (Å²) in [5.41, 5.74) is -0.531. The molecule has 0 fully saturated rings. The van der Waals surface area contributed by atoms with E-state index in [-0.39, 0.29) is 24.0 Å². The molecule has 2 atom stereocenters. The fourth-order valence-corrected chi connectivity index (χ4v) is 1.62. The van der Waals surface area contributed by atoms with Crippen LogP contribution in [0.25, 0.3) is 0 Å². The van der Waals surface area contributed by atoms with Crippen LogP contribution in [0.2, 0.25) is 0 Å². The van der Waals surface area contributed by atoms with E-state index in [0.717, 1.165) is 18.2 Å². The molecule has 0 aromatic heterocycles. The molecule has 0 spiro atoms. The zero-order valence-corrected chi connectivity index (χ0v) is 11.3. The van der Waals surface area contributed by atoms with Crippen molar-refractivity contribution >= 4 is 12.3 Å². The molecule has 2 unspecified atom stereocenters. The smallest absolute Gasteiger partial charge is 0.464 e. The van der Waals surface area contributed by atoms with E-state index in [4.69, 9.17) is 0 Å². The van der Waals surface area contributed by atoms with E-state index in [1.54, 1.807) is 0 Å². The lowest BCUT2D eigenvalue weighted by atomic mass is 10.0. The van der Waals surface area contributed by atoms with Crippen molar-refractivity contribution in [1.29, 1.82) is 0 Å². The second-order valence-electron chi connectivity index (χ2n) is 4.14. The SMILES string of the molecule is CCOC(=O)C(O)C(O)c1cc(C=O)cc(OC(F)(F)F)c1. The molecule has 1 aromatic rings. The topological polar surface area (TPSA) is 93.1 Å². The highest BCUT2D eigenvalue weighted by atomic mass is 19.4. The number of esters is 1. The number of hydrogen-bond acceptors (Lipinski definition) is 6. The van der Waals surface area contributed by atoms with Gasteiger partial charge < -0.3 is 19.7 Å². The summed E-state index contributed by atoms with van der Waals surface area (Å²) in [6, 6.07) is 2.57. The fraction of sp³-hybridized carbons (Fsp3) is 0.385. The van der Waals surface area contributed by atoms with Gasteiger partial charge in [-0.25, -0.2) is 4.79 Å². The average Bonchev–Trinajstić information content (AvgIpc) is 2.43. The molecule has 6 nitrogen and oxygen atoms in total. The maximum Gasteiger partial charge on any atom is 0.573 e. The molecule has 122 valence electrons. The van der Waals surface area contributed by atoms with E-state index in [1.165, 1.54) is 6.92 Å². The van der Waals surface area contributed by atoms with Gasteiger partial charge in [0.15, 0.2) is 6.10 Å². The Morgan fingerprint density at radius 1 is 1.32 bits per heavy atom. The molecule has 22 heavy (non-hydrogen) atoms. The summed E-state index contributed by atoms with van der Waals surface area (Å²) >= 11 is 0. The van der Waals surface area contributed by atoms with Crippen molar-refractivity contribution in [2.75, 3.05) is 6.61 Å². The molecule has 0 bridgehead atoms. The van der Waals surface area contributed by atoms with Gasteiger partial charge in [-0.2, -0.15) is 0 Å². The van der Waals surface area contributed by atoms with Crippen molar-refractivity contribution < 1.29 is 42.4 Å². The predicted octanol–water partition coefficient (Wildman–Crippen LogP) is 1.36. The summed E-state index contributed by atoms with van der Waals surface area (Å²) < 4.78 is 44.7. The molecular formula is C13H13F3O6. The van der Waals surface area contributed by atoms with Gasteiger partial charge in [0.1, 0.15) is 18.1 Å². The summed E-state index contributed by atoms with van der Waals surface area (Å²) in [6.45, 7) is 1.42. The van der Waals surface area contributed by atoms with Crippen LogP contribution in [-0.4, -0.2) is 41.5 Å². The summed E-state index contributed by atoms with van der Waals surface area (Å²) in [6.07, 6.45) is -8.66. The maximum atomic E-state index is 12.2. The average molecular weight is 322 g/mol. The monoisotopic (exact) mass is 322 g/mol. The van der Waals surface area contributed by atoms with Crippen molar-refractivity contribution in [2.45, 2.75) is 25.5 Å². The number of benzene rings is 1. The standard InChI is InChI=1S/C13H13F3O6/c1-2-21-12(20)11(19)10(18)8-3-7(6-17)4-9(5-8)22-13(14,15)16/h3-6,10-11,18-19H,2H2,1H3. The summed E-state index contributed by atoms with van der Waals surface area (Å²) in [4.78, 5) is 22.0. The highest BCUT2D eigenvalue weighted by molar-refractivity contribution is 5.77. The molecule has 0 saturated heterocycles.